The van der Waals surface area contributed by atoms with Gasteiger partial charge in [0.1, 0.15) is 0 Å². The molecule has 2 amide bonds. The summed E-state index contributed by atoms with van der Waals surface area (Å²) in [6.07, 6.45) is -5.59. The number of carbonyl (C=O) groups is 2. The zero-order valence-corrected chi connectivity index (χ0v) is 12.5. The standard InChI is InChI=1S/C14H19F3N2O3/c1-8-4-19(11(21)22)9(2)3-18(8)10(20)12-5-13(6-12,7-12)14(15,16)17/h8-9H,3-7H2,1-2H3,(H,21,22)/t8-,9+,12?,13?/m1/s1. The lowest BCUT2D eigenvalue weighted by Gasteiger charge is -2.70. The van der Waals surface area contributed by atoms with Crippen LogP contribution in [0.4, 0.5) is 18.0 Å². The van der Waals surface area contributed by atoms with E-state index >= 15 is 0 Å². The zero-order chi connectivity index (χ0) is 16.5. The van der Waals surface area contributed by atoms with E-state index in [1.807, 2.05) is 0 Å². The van der Waals surface area contributed by atoms with Gasteiger partial charge in [0.25, 0.3) is 0 Å². The van der Waals surface area contributed by atoms with Crippen LogP contribution in [-0.4, -0.2) is 58.3 Å². The molecule has 1 N–H and O–H groups in total. The van der Waals surface area contributed by atoms with Gasteiger partial charge in [-0.05, 0) is 33.1 Å². The molecular formula is C14H19F3N2O3. The van der Waals surface area contributed by atoms with Crippen LogP contribution in [0.2, 0.25) is 0 Å². The van der Waals surface area contributed by atoms with Crippen molar-refractivity contribution in [2.75, 3.05) is 13.1 Å². The topological polar surface area (TPSA) is 60.9 Å². The Morgan fingerprint density at radius 3 is 1.95 bits per heavy atom. The fraction of sp³-hybridized carbons (Fsp3) is 0.857. The van der Waals surface area contributed by atoms with Crippen LogP contribution < -0.4 is 0 Å². The third-order valence-corrected chi connectivity index (χ3v) is 5.58. The van der Waals surface area contributed by atoms with Crippen LogP contribution in [0.25, 0.3) is 0 Å². The van der Waals surface area contributed by atoms with Crippen LogP contribution in [0.1, 0.15) is 33.1 Å². The molecule has 3 aliphatic carbocycles. The van der Waals surface area contributed by atoms with Crippen molar-refractivity contribution >= 4 is 12.0 Å². The van der Waals surface area contributed by atoms with E-state index in [0.29, 0.717) is 0 Å². The second-order valence-electron chi connectivity index (χ2n) is 7.18. The Kier molecular flexibility index (Phi) is 3.01. The van der Waals surface area contributed by atoms with Gasteiger partial charge in [-0.2, -0.15) is 13.2 Å². The Bertz CT molecular complexity index is 514. The van der Waals surface area contributed by atoms with Crippen molar-refractivity contribution in [1.29, 1.82) is 0 Å². The van der Waals surface area contributed by atoms with Crippen LogP contribution in [0, 0.1) is 10.8 Å². The number of carbonyl (C=O) groups excluding carboxylic acids is 1. The van der Waals surface area contributed by atoms with Crippen molar-refractivity contribution in [3.05, 3.63) is 0 Å². The summed E-state index contributed by atoms with van der Waals surface area (Å²) >= 11 is 0. The van der Waals surface area contributed by atoms with Gasteiger partial charge >= 0.3 is 12.3 Å². The molecule has 8 heteroatoms. The van der Waals surface area contributed by atoms with E-state index in [-0.39, 0.29) is 50.3 Å². The quantitative estimate of drug-likeness (QED) is 0.806. The fourth-order valence-corrected chi connectivity index (χ4v) is 4.30. The second-order valence-corrected chi connectivity index (χ2v) is 7.18. The van der Waals surface area contributed by atoms with E-state index in [2.05, 4.69) is 0 Å². The molecule has 22 heavy (non-hydrogen) atoms. The highest BCUT2D eigenvalue weighted by molar-refractivity contribution is 5.87. The molecule has 1 aliphatic heterocycles. The molecule has 3 saturated carbocycles. The van der Waals surface area contributed by atoms with Gasteiger partial charge in [0.05, 0.1) is 10.8 Å². The number of halogens is 3. The van der Waals surface area contributed by atoms with Crippen LogP contribution in [0.15, 0.2) is 0 Å². The molecule has 0 unspecified atom stereocenters. The molecular weight excluding hydrogens is 301 g/mol. The summed E-state index contributed by atoms with van der Waals surface area (Å²) < 4.78 is 38.6. The summed E-state index contributed by atoms with van der Waals surface area (Å²) in [6, 6.07) is -0.655. The highest BCUT2D eigenvalue weighted by Crippen LogP contribution is 2.78. The zero-order valence-electron chi connectivity index (χ0n) is 12.5. The Balaban J connectivity index is 1.67. The first kappa shape index (κ1) is 15.4. The number of hydrogen-bond donors (Lipinski definition) is 1. The van der Waals surface area contributed by atoms with Crippen molar-refractivity contribution in [2.45, 2.75) is 51.4 Å². The van der Waals surface area contributed by atoms with Crippen LogP contribution in [-0.2, 0) is 4.79 Å². The molecule has 2 bridgehead atoms. The molecule has 2 atom stereocenters. The molecule has 4 fully saturated rings. The smallest absolute Gasteiger partial charge is 0.407 e. The fourth-order valence-electron chi connectivity index (χ4n) is 4.30. The maximum absolute atomic E-state index is 12.9. The number of amides is 2. The SMILES string of the molecule is C[C@@H]1CN(C(=O)O)[C@@H](C)CN1C(=O)C12CC(C(F)(F)F)(C1)C2. The van der Waals surface area contributed by atoms with Crippen molar-refractivity contribution in [1.82, 2.24) is 9.80 Å². The monoisotopic (exact) mass is 320 g/mol. The van der Waals surface area contributed by atoms with E-state index in [0.717, 1.165) is 0 Å². The van der Waals surface area contributed by atoms with E-state index in [1.54, 1.807) is 18.7 Å². The number of alkyl halides is 3. The average Bonchev–Trinajstić information content (AvgIpc) is 2.25. The predicted molar refractivity (Wildman–Crippen MR) is 70.1 cm³/mol. The van der Waals surface area contributed by atoms with Gasteiger partial charge in [-0.25, -0.2) is 4.79 Å². The first-order chi connectivity index (χ1) is 10.0. The maximum atomic E-state index is 12.9. The third-order valence-electron chi connectivity index (χ3n) is 5.58. The number of rotatable bonds is 1. The normalized spacial score (nSPS) is 40.8. The van der Waals surface area contributed by atoms with Gasteiger partial charge in [0, 0.05) is 25.2 Å². The van der Waals surface area contributed by atoms with Gasteiger partial charge in [0.15, 0.2) is 0 Å². The maximum Gasteiger partial charge on any atom is 0.407 e. The van der Waals surface area contributed by atoms with Crippen molar-refractivity contribution in [3.8, 4) is 0 Å². The van der Waals surface area contributed by atoms with E-state index in [1.165, 1.54) is 4.90 Å². The molecule has 1 heterocycles. The van der Waals surface area contributed by atoms with Crippen LogP contribution in [0.5, 0.6) is 0 Å². The summed E-state index contributed by atoms with van der Waals surface area (Å²) in [5.41, 5.74) is -2.49. The lowest BCUT2D eigenvalue weighted by Crippen LogP contribution is -2.74. The number of carboxylic acid groups (broad SMARTS) is 1. The van der Waals surface area contributed by atoms with Gasteiger partial charge < -0.3 is 14.9 Å². The minimum atomic E-state index is -4.23. The lowest BCUT2D eigenvalue weighted by molar-refractivity contribution is -0.353. The van der Waals surface area contributed by atoms with Gasteiger partial charge in [-0.1, -0.05) is 0 Å². The molecule has 0 aromatic heterocycles. The van der Waals surface area contributed by atoms with Gasteiger partial charge in [-0.3, -0.25) is 4.79 Å². The highest BCUT2D eigenvalue weighted by atomic mass is 19.4. The summed E-state index contributed by atoms with van der Waals surface area (Å²) in [5, 5.41) is 9.10. The van der Waals surface area contributed by atoms with Gasteiger partial charge in [-0.15, -0.1) is 0 Å². The van der Waals surface area contributed by atoms with E-state index < -0.39 is 23.1 Å². The van der Waals surface area contributed by atoms with Gasteiger partial charge in [0.2, 0.25) is 5.91 Å². The Morgan fingerprint density at radius 2 is 1.50 bits per heavy atom. The molecule has 124 valence electrons. The Hall–Kier alpha value is -1.47. The Labute approximate surface area is 126 Å². The number of nitrogens with zero attached hydrogens (tertiary/aromatic N) is 2. The molecule has 0 spiro atoms. The molecule has 0 aromatic rings. The molecule has 4 aliphatic rings. The van der Waals surface area contributed by atoms with Crippen LogP contribution >= 0.6 is 0 Å². The summed E-state index contributed by atoms with van der Waals surface area (Å²) in [6.45, 7) is 3.89. The summed E-state index contributed by atoms with van der Waals surface area (Å²) in [7, 11) is 0. The second kappa shape index (κ2) is 4.29. The number of hydrogen-bond acceptors (Lipinski definition) is 2. The molecule has 5 nitrogen and oxygen atoms in total. The molecule has 0 aromatic carbocycles. The first-order valence-corrected chi connectivity index (χ1v) is 7.39. The molecule has 0 radical (unpaired) electrons. The van der Waals surface area contributed by atoms with Crippen molar-refractivity contribution < 1.29 is 27.9 Å². The summed E-state index contributed by atoms with van der Waals surface area (Å²) in [4.78, 5) is 26.6. The molecule has 4 rings (SSSR count). The average molecular weight is 320 g/mol. The van der Waals surface area contributed by atoms with Crippen LogP contribution in [0.3, 0.4) is 0 Å². The number of piperazine rings is 1. The highest BCUT2D eigenvalue weighted by Gasteiger charge is 2.81. The third kappa shape index (κ3) is 1.85. The van der Waals surface area contributed by atoms with Crippen molar-refractivity contribution in [2.24, 2.45) is 10.8 Å². The predicted octanol–water partition coefficient (Wildman–Crippen LogP) is 2.32. The van der Waals surface area contributed by atoms with E-state index in [4.69, 9.17) is 5.11 Å². The summed E-state index contributed by atoms with van der Waals surface area (Å²) in [5.74, 6) is -0.233. The molecule has 1 saturated heterocycles. The largest absolute Gasteiger partial charge is 0.465 e. The minimum Gasteiger partial charge on any atom is -0.465 e. The first-order valence-electron chi connectivity index (χ1n) is 7.39. The Morgan fingerprint density at radius 1 is 1.05 bits per heavy atom. The van der Waals surface area contributed by atoms with E-state index in [9.17, 15) is 22.8 Å². The minimum absolute atomic E-state index is 0.109. The van der Waals surface area contributed by atoms with Crippen molar-refractivity contribution in [3.63, 3.8) is 0 Å². The lowest BCUT2D eigenvalue weighted by atomic mass is 9.34.